The third-order valence-electron chi connectivity index (χ3n) is 1.21. The lowest BCUT2D eigenvalue weighted by Gasteiger charge is -1.95. The number of amides is 1. The van der Waals surface area contributed by atoms with Gasteiger partial charge >= 0.3 is 0 Å². The Morgan fingerprint density at radius 3 is 1.71 bits per heavy atom. The third-order valence-corrected chi connectivity index (χ3v) is 3.63. The SMILES string of the molecule is CNS(=O)(=O)CC#N.CNS(=O)(=O)CC(N)=O. The van der Waals surface area contributed by atoms with Gasteiger partial charge in [0.2, 0.25) is 26.0 Å². The Labute approximate surface area is 100 Å². The van der Waals surface area contributed by atoms with Crippen molar-refractivity contribution < 1.29 is 21.6 Å². The highest BCUT2D eigenvalue weighted by Gasteiger charge is 2.09. The highest BCUT2D eigenvalue weighted by atomic mass is 32.2. The van der Waals surface area contributed by atoms with Gasteiger partial charge in [-0.3, -0.25) is 4.79 Å². The van der Waals surface area contributed by atoms with Crippen molar-refractivity contribution in [2.75, 3.05) is 25.6 Å². The number of sulfonamides is 2. The van der Waals surface area contributed by atoms with Crippen molar-refractivity contribution in [3.63, 3.8) is 0 Å². The summed E-state index contributed by atoms with van der Waals surface area (Å²) in [5.41, 5.74) is 4.60. The van der Waals surface area contributed by atoms with Crippen LogP contribution in [-0.2, 0) is 24.8 Å². The van der Waals surface area contributed by atoms with Crippen LogP contribution in [0, 0.1) is 11.3 Å². The van der Waals surface area contributed by atoms with Crippen LogP contribution in [0.2, 0.25) is 0 Å². The first-order chi connectivity index (χ1) is 7.60. The minimum Gasteiger partial charge on any atom is -0.369 e. The second-order valence-corrected chi connectivity index (χ2v) is 6.40. The second-order valence-electron chi connectivity index (χ2n) is 2.55. The van der Waals surface area contributed by atoms with Gasteiger partial charge in [0.15, 0.2) is 5.75 Å². The van der Waals surface area contributed by atoms with Gasteiger partial charge in [0.05, 0.1) is 6.07 Å². The molecule has 0 aromatic heterocycles. The first kappa shape index (κ1) is 18.2. The molecule has 0 aromatic rings. The Kier molecular flexibility index (Phi) is 8.50. The standard InChI is InChI=1S/C3H8N2O3S.C3H6N2O2S/c1-5-9(7,8)2-3(4)6;1-5-8(6,7)3-2-4/h5H,2H2,1H3,(H2,4,6);5H,3H2,1H3. The highest BCUT2D eigenvalue weighted by Crippen LogP contribution is 1.77. The van der Waals surface area contributed by atoms with Crippen LogP contribution in [0.15, 0.2) is 0 Å². The highest BCUT2D eigenvalue weighted by molar-refractivity contribution is 7.90. The van der Waals surface area contributed by atoms with E-state index in [-0.39, 0.29) is 0 Å². The molecule has 0 saturated heterocycles. The van der Waals surface area contributed by atoms with Gasteiger partial charge in [0.1, 0.15) is 5.75 Å². The van der Waals surface area contributed by atoms with E-state index in [1.54, 1.807) is 0 Å². The monoisotopic (exact) mass is 286 g/mol. The molecule has 0 atom stereocenters. The van der Waals surface area contributed by atoms with Crippen LogP contribution in [-0.4, -0.2) is 48.3 Å². The van der Waals surface area contributed by atoms with E-state index in [2.05, 4.69) is 5.73 Å². The van der Waals surface area contributed by atoms with Crippen LogP contribution in [0.3, 0.4) is 0 Å². The predicted molar refractivity (Wildman–Crippen MR) is 60.5 cm³/mol. The first-order valence-corrected chi connectivity index (χ1v) is 7.38. The molecule has 0 aliphatic heterocycles. The average molecular weight is 286 g/mol. The van der Waals surface area contributed by atoms with Crippen LogP contribution in [0.25, 0.3) is 0 Å². The number of hydrogen-bond donors (Lipinski definition) is 3. The van der Waals surface area contributed by atoms with Gasteiger partial charge < -0.3 is 5.73 Å². The zero-order valence-corrected chi connectivity index (χ0v) is 10.9. The Bertz CT molecular complexity index is 475. The molecule has 0 aliphatic carbocycles. The number of nitriles is 1. The summed E-state index contributed by atoms with van der Waals surface area (Å²) in [5.74, 6) is -1.98. The molecule has 100 valence electrons. The lowest BCUT2D eigenvalue weighted by atomic mass is 10.8. The second kappa shape index (κ2) is 7.96. The van der Waals surface area contributed by atoms with Crippen molar-refractivity contribution in [3.05, 3.63) is 0 Å². The summed E-state index contributed by atoms with van der Waals surface area (Å²) in [4.78, 5) is 9.98. The van der Waals surface area contributed by atoms with Crippen LogP contribution in [0.5, 0.6) is 0 Å². The van der Waals surface area contributed by atoms with E-state index in [1.165, 1.54) is 20.2 Å². The van der Waals surface area contributed by atoms with E-state index in [1.807, 2.05) is 9.44 Å². The quantitative estimate of drug-likeness (QED) is 0.491. The topological polar surface area (TPSA) is 159 Å². The Balaban J connectivity index is 0. The molecule has 0 spiro atoms. The summed E-state index contributed by atoms with van der Waals surface area (Å²) in [7, 11) is -4.23. The normalized spacial score (nSPS) is 10.9. The van der Waals surface area contributed by atoms with Crippen molar-refractivity contribution in [3.8, 4) is 6.07 Å². The Hall–Kier alpha value is -1.22. The molecule has 0 unspecified atom stereocenters. The van der Waals surface area contributed by atoms with E-state index >= 15 is 0 Å². The number of primary amides is 1. The molecule has 0 aromatic carbocycles. The van der Waals surface area contributed by atoms with E-state index in [9.17, 15) is 21.6 Å². The van der Waals surface area contributed by atoms with Crippen LogP contribution in [0.4, 0.5) is 0 Å². The van der Waals surface area contributed by atoms with Gasteiger partial charge in [0, 0.05) is 0 Å². The predicted octanol–water partition coefficient (Wildman–Crippen LogP) is -2.92. The number of carbonyl (C=O) groups is 1. The average Bonchev–Trinajstić information content (AvgIpc) is 2.17. The molecule has 0 bridgehead atoms. The Morgan fingerprint density at radius 2 is 1.59 bits per heavy atom. The maximum atomic E-state index is 10.4. The molecule has 0 aliphatic rings. The molecule has 9 nitrogen and oxygen atoms in total. The van der Waals surface area contributed by atoms with Gasteiger partial charge in [-0.2, -0.15) is 5.26 Å². The number of rotatable bonds is 5. The first-order valence-electron chi connectivity index (χ1n) is 4.08. The van der Waals surface area contributed by atoms with Gasteiger partial charge in [-0.05, 0) is 14.1 Å². The maximum absolute atomic E-state index is 10.4. The van der Waals surface area contributed by atoms with Gasteiger partial charge in [-0.15, -0.1) is 0 Å². The Morgan fingerprint density at radius 1 is 1.18 bits per heavy atom. The summed E-state index contributed by atoms with van der Waals surface area (Å²) >= 11 is 0. The van der Waals surface area contributed by atoms with Crippen molar-refractivity contribution in [1.82, 2.24) is 9.44 Å². The van der Waals surface area contributed by atoms with Crippen LogP contribution in [0.1, 0.15) is 0 Å². The summed E-state index contributed by atoms with van der Waals surface area (Å²) in [6.45, 7) is 0. The van der Waals surface area contributed by atoms with E-state index in [0.717, 1.165) is 0 Å². The minimum atomic E-state index is -3.44. The third kappa shape index (κ3) is 12.7. The van der Waals surface area contributed by atoms with E-state index in [0.29, 0.717) is 0 Å². The molecule has 1 amide bonds. The zero-order valence-electron chi connectivity index (χ0n) is 9.30. The molecule has 0 rings (SSSR count). The van der Waals surface area contributed by atoms with Crippen LogP contribution >= 0.6 is 0 Å². The van der Waals surface area contributed by atoms with Gasteiger partial charge in [0.25, 0.3) is 0 Å². The van der Waals surface area contributed by atoms with Gasteiger partial charge in [-0.25, -0.2) is 26.3 Å². The molecular formula is C6H14N4O5S2. The van der Waals surface area contributed by atoms with Crippen molar-refractivity contribution in [2.45, 2.75) is 0 Å². The van der Waals surface area contributed by atoms with Crippen molar-refractivity contribution in [2.24, 2.45) is 5.73 Å². The number of nitrogens with zero attached hydrogens (tertiary/aromatic N) is 1. The number of carbonyl (C=O) groups excluding carboxylic acids is 1. The molecule has 0 saturated carbocycles. The van der Waals surface area contributed by atoms with Crippen LogP contribution < -0.4 is 15.2 Å². The fraction of sp³-hybridized carbons (Fsp3) is 0.667. The number of nitrogens with one attached hydrogen (secondary N) is 2. The minimum absolute atomic E-state index is 0.469. The smallest absolute Gasteiger partial charge is 0.234 e. The molecule has 0 heterocycles. The number of nitrogens with two attached hydrogens (primary N) is 1. The fourth-order valence-corrected chi connectivity index (χ4v) is 1.25. The zero-order chi connectivity index (χ0) is 14.1. The summed E-state index contributed by atoms with van der Waals surface area (Å²) in [6.07, 6.45) is 0. The lowest BCUT2D eigenvalue weighted by Crippen LogP contribution is -2.30. The summed E-state index contributed by atoms with van der Waals surface area (Å²) in [5, 5.41) is 7.86. The van der Waals surface area contributed by atoms with E-state index in [4.69, 9.17) is 5.26 Å². The molecular weight excluding hydrogens is 272 g/mol. The summed E-state index contributed by atoms with van der Waals surface area (Å²) in [6, 6.07) is 1.51. The molecule has 0 radical (unpaired) electrons. The molecule has 17 heavy (non-hydrogen) atoms. The number of hydrogen-bond acceptors (Lipinski definition) is 6. The lowest BCUT2D eigenvalue weighted by molar-refractivity contribution is -0.115. The molecule has 4 N–H and O–H groups in total. The van der Waals surface area contributed by atoms with E-state index < -0.39 is 37.5 Å². The largest absolute Gasteiger partial charge is 0.369 e. The molecule has 11 heteroatoms. The van der Waals surface area contributed by atoms with Crippen molar-refractivity contribution in [1.29, 1.82) is 5.26 Å². The fourth-order valence-electron chi connectivity index (χ4n) is 0.417. The molecule has 0 fully saturated rings. The summed E-state index contributed by atoms with van der Waals surface area (Å²) < 4.78 is 45.3. The maximum Gasteiger partial charge on any atom is 0.234 e. The van der Waals surface area contributed by atoms with Gasteiger partial charge in [-0.1, -0.05) is 0 Å². The van der Waals surface area contributed by atoms with Crippen molar-refractivity contribution >= 4 is 26.0 Å².